The first kappa shape index (κ1) is 18.1. The van der Waals surface area contributed by atoms with Gasteiger partial charge in [0.25, 0.3) is 5.91 Å². The molecule has 0 aromatic heterocycles. The number of amides is 1. The Labute approximate surface area is 139 Å². The molecule has 0 atom stereocenters. The van der Waals surface area contributed by atoms with Gasteiger partial charge in [0.05, 0.1) is 17.5 Å². The van der Waals surface area contributed by atoms with E-state index in [1.807, 2.05) is 20.8 Å². The summed E-state index contributed by atoms with van der Waals surface area (Å²) in [6.45, 7) is 5.67. The Morgan fingerprint density at radius 2 is 2.08 bits per heavy atom. The minimum Gasteiger partial charge on any atom is -0.269 e. The van der Waals surface area contributed by atoms with Crippen molar-refractivity contribution in [3.05, 3.63) is 34.9 Å². The topological polar surface area (TPSA) is 32.1 Å². The Bertz CT molecular complexity index is 737. The molecule has 1 aliphatic heterocycles. The first-order valence-electron chi connectivity index (χ1n) is 7.77. The van der Waals surface area contributed by atoms with Gasteiger partial charge in [0.2, 0.25) is 6.21 Å². The van der Waals surface area contributed by atoms with Crippen molar-refractivity contribution >= 4 is 12.1 Å². The molecular formula is C18H20F3N2O+. The fourth-order valence-corrected chi connectivity index (χ4v) is 2.39. The fourth-order valence-electron chi connectivity index (χ4n) is 2.39. The summed E-state index contributed by atoms with van der Waals surface area (Å²) in [4.78, 5) is 11.6. The SMILES string of the molecule is CCCC#Cc1ccc(C(F)(F)F)cc1/C=[N+]1\NC(=O)CC1(C)C. The molecule has 1 amide bonds. The number of carbonyl (C=O) groups is 1. The highest BCUT2D eigenvalue weighted by atomic mass is 19.4. The quantitative estimate of drug-likeness (QED) is 0.650. The molecule has 1 aliphatic rings. The lowest BCUT2D eigenvalue weighted by atomic mass is 10.0. The maximum absolute atomic E-state index is 13.0. The summed E-state index contributed by atoms with van der Waals surface area (Å²) in [5, 5.41) is 0. The largest absolute Gasteiger partial charge is 0.416 e. The normalized spacial score (nSPS) is 18.2. The number of hydrazine groups is 1. The summed E-state index contributed by atoms with van der Waals surface area (Å²) in [6.07, 6.45) is -1.08. The van der Waals surface area contributed by atoms with Crippen LogP contribution in [0, 0.1) is 11.8 Å². The van der Waals surface area contributed by atoms with Gasteiger partial charge in [-0.3, -0.25) is 4.79 Å². The monoisotopic (exact) mass is 337 g/mol. The van der Waals surface area contributed by atoms with Crippen molar-refractivity contribution in [1.82, 2.24) is 5.43 Å². The molecule has 24 heavy (non-hydrogen) atoms. The zero-order valence-electron chi connectivity index (χ0n) is 13.9. The van der Waals surface area contributed by atoms with Gasteiger partial charge in [0.15, 0.2) is 5.54 Å². The molecule has 3 nitrogen and oxygen atoms in total. The fraction of sp³-hybridized carbons (Fsp3) is 0.444. The van der Waals surface area contributed by atoms with Crippen LogP contribution in [0.3, 0.4) is 0 Å². The predicted molar refractivity (Wildman–Crippen MR) is 85.5 cm³/mol. The number of alkyl halides is 3. The molecule has 0 bridgehead atoms. The highest BCUT2D eigenvalue weighted by molar-refractivity contribution is 5.83. The van der Waals surface area contributed by atoms with Crippen LogP contribution in [-0.2, 0) is 11.0 Å². The Morgan fingerprint density at radius 1 is 1.38 bits per heavy atom. The summed E-state index contributed by atoms with van der Waals surface area (Å²) < 4.78 is 40.6. The number of hydrogen-bond acceptors (Lipinski definition) is 1. The first-order valence-corrected chi connectivity index (χ1v) is 7.77. The average molecular weight is 337 g/mol. The van der Waals surface area contributed by atoms with E-state index in [0.29, 0.717) is 17.5 Å². The number of halogens is 3. The smallest absolute Gasteiger partial charge is 0.269 e. The lowest BCUT2D eigenvalue weighted by Gasteiger charge is -2.11. The zero-order chi connectivity index (χ0) is 18.0. The molecule has 1 fully saturated rings. The number of nitrogens with one attached hydrogen (secondary N) is 1. The summed E-state index contributed by atoms with van der Waals surface area (Å²) in [6, 6.07) is 3.47. The number of rotatable bonds is 2. The standard InChI is InChI=1S/C18H19F3N2O/c1-4-5-6-7-13-8-9-15(18(19,20)21)10-14(13)12-23-17(2,3)11-16(24)22-23/h8-10,12H,4-5,11H2,1-3H3/p+1/b23-12-. The Hall–Kier alpha value is -2.29. The summed E-state index contributed by atoms with van der Waals surface area (Å²) >= 11 is 0. The van der Waals surface area contributed by atoms with Crippen LogP contribution < -0.4 is 5.43 Å². The molecule has 1 aromatic carbocycles. The van der Waals surface area contributed by atoms with Gasteiger partial charge in [-0.05, 0) is 24.6 Å². The van der Waals surface area contributed by atoms with Crippen LogP contribution in [0.2, 0.25) is 0 Å². The Kier molecular flexibility index (Phi) is 5.02. The molecule has 0 spiro atoms. The predicted octanol–water partition coefficient (Wildman–Crippen LogP) is 3.50. The summed E-state index contributed by atoms with van der Waals surface area (Å²) in [5.41, 5.74) is 2.25. The van der Waals surface area contributed by atoms with Crippen LogP contribution in [0.5, 0.6) is 0 Å². The second kappa shape index (κ2) is 6.68. The molecule has 0 unspecified atom stereocenters. The van der Waals surface area contributed by atoms with Gasteiger partial charge in [0.1, 0.15) is 0 Å². The van der Waals surface area contributed by atoms with E-state index in [9.17, 15) is 18.0 Å². The van der Waals surface area contributed by atoms with Gasteiger partial charge < -0.3 is 0 Å². The second-order valence-electron chi connectivity index (χ2n) is 6.37. The second-order valence-corrected chi connectivity index (χ2v) is 6.37. The van der Waals surface area contributed by atoms with Crippen molar-refractivity contribution in [3.8, 4) is 11.8 Å². The number of unbranched alkanes of at least 4 members (excludes halogenated alkanes) is 1. The number of hydrogen-bond donors (Lipinski definition) is 1. The van der Waals surface area contributed by atoms with E-state index in [2.05, 4.69) is 17.3 Å². The minimum atomic E-state index is -4.43. The molecule has 0 saturated carbocycles. The van der Waals surface area contributed by atoms with E-state index in [1.54, 1.807) is 4.68 Å². The lowest BCUT2D eigenvalue weighted by molar-refractivity contribution is -0.620. The van der Waals surface area contributed by atoms with Crippen LogP contribution in [0.1, 0.15) is 56.7 Å². The third kappa shape index (κ3) is 4.16. The number of benzene rings is 1. The molecule has 1 aromatic rings. The van der Waals surface area contributed by atoms with E-state index in [-0.39, 0.29) is 12.3 Å². The van der Waals surface area contributed by atoms with Gasteiger partial charge in [0, 0.05) is 25.8 Å². The van der Waals surface area contributed by atoms with E-state index < -0.39 is 17.3 Å². The van der Waals surface area contributed by atoms with Crippen LogP contribution >= 0.6 is 0 Å². The van der Waals surface area contributed by atoms with Crippen LogP contribution in [0.4, 0.5) is 13.2 Å². The molecule has 0 radical (unpaired) electrons. The van der Waals surface area contributed by atoms with Gasteiger partial charge in [-0.25, -0.2) is 0 Å². The molecule has 0 aliphatic carbocycles. The van der Waals surface area contributed by atoms with Gasteiger partial charge in [-0.2, -0.15) is 13.2 Å². The minimum absolute atomic E-state index is 0.165. The van der Waals surface area contributed by atoms with Gasteiger partial charge in [-0.1, -0.05) is 18.8 Å². The van der Waals surface area contributed by atoms with Gasteiger partial charge in [-0.15, -0.1) is 10.1 Å². The first-order chi connectivity index (χ1) is 11.1. The third-order valence-electron chi connectivity index (χ3n) is 3.74. The maximum Gasteiger partial charge on any atom is 0.416 e. The van der Waals surface area contributed by atoms with Crippen molar-refractivity contribution in [2.24, 2.45) is 0 Å². The molecule has 1 N–H and O–H groups in total. The van der Waals surface area contributed by atoms with Crippen molar-refractivity contribution in [1.29, 1.82) is 0 Å². The maximum atomic E-state index is 13.0. The van der Waals surface area contributed by atoms with Crippen LogP contribution in [-0.4, -0.2) is 22.3 Å². The Balaban J connectivity index is 2.52. The third-order valence-corrected chi connectivity index (χ3v) is 3.74. The molecule has 6 heteroatoms. The highest BCUT2D eigenvalue weighted by Crippen LogP contribution is 2.30. The van der Waals surface area contributed by atoms with Crippen molar-refractivity contribution in [2.75, 3.05) is 0 Å². The van der Waals surface area contributed by atoms with Crippen LogP contribution in [0.25, 0.3) is 0 Å². The van der Waals surface area contributed by atoms with E-state index in [1.165, 1.54) is 12.3 Å². The van der Waals surface area contributed by atoms with Crippen molar-refractivity contribution in [2.45, 2.75) is 51.7 Å². The highest BCUT2D eigenvalue weighted by Gasteiger charge is 2.42. The molecule has 1 heterocycles. The van der Waals surface area contributed by atoms with E-state index >= 15 is 0 Å². The van der Waals surface area contributed by atoms with E-state index in [4.69, 9.17) is 0 Å². The number of hydrazone groups is 1. The summed E-state index contributed by atoms with van der Waals surface area (Å²) in [7, 11) is 0. The molecular weight excluding hydrogens is 317 g/mol. The summed E-state index contributed by atoms with van der Waals surface area (Å²) in [5.74, 6) is 5.70. The molecule has 1 saturated heterocycles. The molecule has 2 rings (SSSR count). The zero-order valence-corrected chi connectivity index (χ0v) is 13.9. The van der Waals surface area contributed by atoms with E-state index in [0.717, 1.165) is 18.6 Å². The van der Waals surface area contributed by atoms with Crippen LogP contribution in [0.15, 0.2) is 18.2 Å². The van der Waals surface area contributed by atoms with Crippen molar-refractivity contribution < 1.29 is 22.7 Å². The average Bonchev–Trinajstić information content (AvgIpc) is 2.71. The Morgan fingerprint density at radius 3 is 2.62 bits per heavy atom. The lowest BCUT2D eigenvalue weighted by Crippen LogP contribution is -2.36. The van der Waals surface area contributed by atoms with Crippen molar-refractivity contribution in [3.63, 3.8) is 0 Å². The number of carbonyl (C=O) groups excluding carboxylic acids is 1. The van der Waals surface area contributed by atoms with Gasteiger partial charge >= 0.3 is 6.18 Å². The molecule has 128 valence electrons. The number of nitrogens with zero attached hydrogens (tertiary/aromatic N) is 1.